The van der Waals surface area contributed by atoms with Crippen LogP contribution in [0.4, 0.5) is 5.69 Å². The van der Waals surface area contributed by atoms with Crippen LogP contribution >= 0.6 is 0 Å². The smallest absolute Gasteiger partial charge is 0.265 e. The van der Waals surface area contributed by atoms with Crippen LogP contribution in [0.15, 0.2) is 29.3 Å². The maximum Gasteiger partial charge on any atom is 0.265 e. The third kappa shape index (κ3) is 4.93. The van der Waals surface area contributed by atoms with Gasteiger partial charge in [0.1, 0.15) is 5.75 Å². The minimum atomic E-state index is -0.00737. The summed E-state index contributed by atoms with van der Waals surface area (Å²) in [6.07, 6.45) is 1.68. The fourth-order valence-corrected chi connectivity index (χ4v) is 3.74. The molecule has 2 aromatic rings. The summed E-state index contributed by atoms with van der Waals surface area (Å²) in [7, 11) is 3.74. The van der Waals surface area contributed by atoms with Crippen LogP contribution in [-0.4, -0.2) is 54.4 Å². The number of benzene rings is 1. The number of aromatic nitrogens is 2. The highest BCUT2D eigenvalue weighted by Crippen LogP contribution is 2.31. The monoisotopic (exact) mass is 412 g/mol. The van der Waals surface area contributed by atoms with Crippen molar-refractivity contribution in [2.75, 3.05) is 31.6 Å². The SMILES string of the molecule is CN=C(NCCCN1C(=O)COc2ccccc21)NC(C)Cc1c(C)nn(C)c1C. The number of aryl methyl sites for hydroxylation is 2. The van der Waals surface area contributed by atoms with Gasteiger partial charge in [-0.1, -0.05) is 12.1 Å². The highest BCUT2D eigenvalue weighted by Gasteiger charge is 2.24. The van der Waals surface area contributed by atoms with Gasteiger partial charge < -0.3 is 20.3 Å². The number of rotatable bonds is 7. The van der Waals surface area contributed by atoms with Crippen LogP contribution in [0.25, 0.3) is 0 Å². The van der Waals surface area contributed by atoms with E-state index < -0.39 is 0 Å². The number of nitrogens with zero attached hydrogens (tertiary/aromatic N) is 4. The summed E-state index contributed by atoms with van der Waals surface area (Å²) in [5, 5.41) is 11.3. The molecule has 1 aromatic heterocycles. The Balaban J connectivity index is 1.47. The minimum Gasteiger partial charge on any atom is -0.482 e. The lowest BCUT2D eigenvalue weighted by Crippen LogP contribution is -2.44. The molecular weight excluding hydrogens is 380 g/mol. The number of nitrogens with one attached hydrogen (secondary N) is 2. The van der Waals surface area contributed by atoms with Crippen molar-refractivity contribution in [3.05, 3.63) is 41.2 Å². The van der Waals surface area contributed by atoms with E-state index in [2.05, 4.69) is 34.6 Å². The standard InChI is InChI=1S/C22H32N6O2/c1-15(13-18-16(2)26-27(5)17(18)3)25-22(23-4)24-11-8-12-28-19-9-6-7-10-20(19)30-14-21(28)29/h6-7,9-10,15H,8,11-14H2,1-5H3,(H2,23,24,25). The van der Waals surface area contributed by atoms with Gasteiger partial charge in [0.15, 0.2) is 12.6 Å². The molecule has 0 bridgehead atoms. The van der Waals surface area contributed by atoms with Gasteiger partial charge >= 0.3 is 0 Å². The molecule has 2 N–H and O–H groups in total. The van der Waals surface area contributed by atoms with Gasteiger partial charge in [-0.25, -0.2) is 0 Å². The number of ether oxygens (including phenoxy) is 1. The Bertz CT molecular complexity index is 920. The Morgan fingerprint density at radius 1 is 1.33 bits per heavy atom. The first-order valence-corrected chi connectivity index (χ1v) is 10.4. The number of aliphatic imine (C=N–C) groups is 1. The van der Waals surface area contributed by atoms with Crippen molar-refractivity contribution >= 4 is 17.6 Å². The summed E-state index contributed by atoms with van der Waals surface area (Å²) in [5.41, 5.74) is 4.38. The number of anilines is 1. The van der Waals surface area contributed by atoms with E-state index in [0.29, 0.717) is 13.1 Å². The molecule has 1 aliphatic rings. The summed E-state index contributed by atoms with van der Waals surface area (Å²) in [6, 6.07) is 7.87. The highest BCUT2D eigenvalue weighted by atomic mass is 16.5. The van der Waals surface area contributed by atoms with Crippen LogP contribution in [0.5, 0.6) is 5.75 Å². The maximum absolute atomic E-state index is 12.3. The highest BCUT2D eigenvalue weighted by molar-refractivity contribution is 5.97. The molecule has 8 nitrogen and oxygen atoms in total. The van der Waals surface area contributed by atoms with Gasteiger partial charge in [-0.3, -0.25) is 14.5 Å². The minimum absolute atomic E-state index is 0.00737. The number of carbonyl (C=O) groups is 1. The second-order valence-electron chi connectivity index (χ2n) is 7.68. The van der Waals surface area contributed by atoms with Gasteiger partial charge in [0.05, 0.1) is 11.4 Å². The molecule has 0 aliphatic carbocycles. The lowest BCUT2D eigenvalue weighted by atomic mass is 10.1. The van der Waals surface area contributed by atoms with Gasteiger partial charge in [0.2, 0.25) is 0 Å². The van der Waals surface area contributed by atoms with Crippen LogP contribution in [0.2, 0.25) is 0 Å². The van der Waals surface area contributed by atoms with E-state index in [1.165, 1.54) is 11.3 Å². The summed E-state index contributed by atoms with van der Waals surface area (Å²) >= 11 is 0. The molecular formula is C22H32N6O2. The van der Waals surface area contributed by atoms with Crippen molar-refractivity contribution in [3.8, 4) is 5.75 Å². The van der Waals surface area contributed by atoms with Gasteiger partial charge in [0.25, 0.3) is 5.91 Å². The van der Waals surface area contributed by atoms with Crippen molar-refractivity contribution in [1.29, 1.82) is 0 Å². The molecule has 0 saturated carbocycles. The molecule has 1 amide bonds. The van der Waals surface area contributed by atoms with E-state index in [0.717, 1.165) is 35.9 Å². The van der Waals surface area contributed by atoms with Crippen molar-refractivity contribution in [1.82, 2.24) is 20.4 Å². The van der Waals surface area contributed by atoms with Crippen molar-refractivity contribution in [2.24, 2.45) is 12.0 Å². The number of amides is 1. The summed E-state index contributed by atoms with van der Waals surface area (Å²) in [5.74, 6) is 1.51. The predicted octanol–water partition coefficient (Wildman–Crippen LogP) is 1.95. The lowest BCUT2D eigenvalue weighted by Gasteiger charge is -2.29. The summed E-state index contributed by atoms with van der Waals surface area (Å²) < 4.78 is 7.42. The molecule has 8 heteroatoms. The molecule has 1 unspecified atom stereocenters. The second kappa shape index (κ2) is 9.65. The molecule has 0 radical (unpaired) electrons. The second-order valence-corrected chi connectivity index (χ2v) is 7.68. The average Bonchev–Trinajstić information content (AvgIpc) is 2.97. The molecule has 3 rings (SSSR count). The molecule has 1 aromatic carbocycles. The Labute approximate surface area is 178 Å². The van der Waals surface area contributed by atoms with E-state index in [9.17, 15) is 4.79 Å². The third-order valence-corrected chi connectivity index (χ3v) is 5.44. The fraction of sp³-hybridized carbons (Fsp3) is 0.500. The molecule has 0 fully saturated rings. The topological polar surface area (TPSA) is 83.8 Å². The quantitative estimate of drug-likeness (QED) is 0.413. The van der Waals surface area contributed by atoms with E-state index in [1.54, 1.807) is 11.9 Å². The molecule has 162 valence electrons. The van der Waals surface area contributed by atoms with Crippen molar-refractivity contribution in [2.45, 2.75) is 39.7 Å². The van der Waals surface area contributed by atoms with Crippen LogP contribution < -0.4 is 20.3 Å². The van der Waals surface area contributed by atoms with Crippen LogP contribution in [-0.2, 0) is 18.3 Å². The van der Waals surface area contributed by atoms with Gasteiger partial charge in [-0.15, -0.1) is 0 Å². The zero-order valence-corrected chi connectivity index (χ0v) is 18.5. The van der Waals surface area contributed by atoms with E-state index >= 15 is 0 Å². The Morgan fingerprint density at radius 3 is 2.80 bits per heavy atom. The van der Waals surface area contributed by atoms with Crippen LogP contribution in [0.1, 0.15) is 30.3 Å². The molecule has 0 saturated heterocycles. The molecule has 30 heavy (non-hydrogen) atoms. The number of hydrogen-bond acceptors (Lipinski definition) is 4. The number of fused-ring (bicyclic) bond motifs is 1. The number of hydrogen-bond donors (Lipinski definition) is 2. The van der Waals surface area contributed by atoms with Gasteiger partial charge in [-0.05, 0) is 51.3 Å². The average molecular weight is 413 g/mol. The zero-order chi connectivity index (χ0) is 21.7. The van der Waals surface area contributed by atoms with E-state index in [1.807, 2.05) is 42.9 Å². The Hall–Kier alpha value is -3.03. The zero-order valence-electron chi connectivity index (χ0n) is 18.5. The van der Waals surface area contributed by atoms with Gasteiger partial charge in [0, 0.05) is 38.9 Å². The van der Waals surface area contributed by atoms with Crippen molar-refractivity contribution in [3.63, 3.8) is 0 Å². The maximum atomic E-state index is 12.3. The molecule has 1 atom stereocenters. The first-order valence-electron chi connectivity index (χ1n) is 10.4. The van der Waals surface area contributed by atoms with Crippen molar-refractivity contribution < 1.29 is 9.53 Å². The summed E-state index contributed by atoms with van der Waals surface area (Å²) in [6.45, 7) is 7.73. The number of para-hydroxylation sites is 2. The third-order valence-electron chi connectivity index (χ3n) is 5.44. The molecule has 2 heterocycles. The van der Waals surface area contributed by atoms with E-state index in [-0.39, 0.29) is 18.6 Å². The normalized spacial score (nSPS) is 14.9. The number of carbonyl (C=O) groups excluding carboxylic acids is 1. The van der Waals surface area contributed by atoms with E-state index in [4.69, 9.17) is 4.74 Å². The number of guanidine groups is 1. The fourth-order valence-electron chi connectivity index (χ4n) is 3.74. The largest absolute Gasteiger partial charge is 0.482 e. The Morgan fingerprint density at radius 2 is 2.10 bits per heavy atom. The molecule has 1 aliphatic heterocycles. The molecule has 0 spiro atoms. The van der Waals surface area contributed by atoms with Crippen LogP contribution in [0, 0.1) is 13.8 Å². The predicted molar refractivity (Wildman–Crippen MR) is 119 cm³/mol. The van der Waals surface area contributed by atoms with Crippen LogP contribution in [0.3, 0.4) is 0 Å². The first-order chi connectivity index (χ1) is 14.4. The van der Waals surface area contributed by atoms with Gasteiger partial charge in [-0.2, -0.15) is 5.10 Å². The Kier molecular flexibility index (Phi) is 6.97. The first kappa shape index (κ1) is 21.7. The lowest BCUT2D eigenvalue weighted by molar-refractivity contribution is -0.121. The summed E-state index contributed by atoms with van der Waals surface area (Å²) in [4.78, 5) is 18.4.